The Bertz CT molecular complexity index is 581. The highest BCUT2D eigenvalue weighted by atomic mass is 16.3. The van der Waals surface area contributed by atoms with Crippen LogP contribution in [0, 0.1) is 0 Å². The van der Waals surface area contributed by atoms with Gasteiger partial charge in [-0.25, -0.2) is 0 Å². The summed E-state index contributed by atoms with van der Waals surface area (Å²) in [6.07, 6.45) is 0. The van der Waals surface area contributed by atoms with E-state index in [0.717, 1.165) is 11.1 Å². The van der Waals surface area contributed by atoms with Gasteiger partial charge in [-0.1, -0.05) is 54.6 Å². The van der Waals surface area contributed by atoms with Crippen LogP contribution in [-0.2, 0) is 5.60 Å². The lowest BCUT2D eigenvalue weighted by Gasteiger charge is -2.43. The zero-order valence-corrected chi connectivity index (χ0v) is 11.4. The van der Waals surface area contributed by atoms with E-state index in [-0.39, 0.29) is 0 Å². The molecular weight excluding hydrogens is 234 g/mol. The Hall–Kier alpha value is -1.64. The van der Waals surface area contributed by atoms with Crippen molar-refractivity contribution in [2.45, 2.75) is 18.6 Å². The first kappa shape index (κ1) is 12.4. The van der Waals surface area contributed by atoms with Crippen molar-refractivity contribution in [1.82, 2.24) is 4.90 Å². The average Bonchev–Trinajstić information content (AvgIpc) is 2.46. The first-order chi connectivity index (χ1) is 9.13. The fourth-order valence-electron chi connectivity index (χ4n) is 3.02. The molecule has 2 atom stereocenters. The Kier molecular flexibility index (Phi) is 2.92. The Morgan fingerprint density at radius 3 is 2.42 bits per heavy atom. The minimum absolute atomic E-state index is 0.334. The molecule has 1 aliphatic rings. The van der Waals surface area contributed by atoms with Crippen LogP contribution in [0.25, 0.3) is 0 Å². The van der Waals surface area contributed by atoms with Gasteiger partial charge in [0, 0.05) is 12.6 Å². The molecule has 0 unspecified atom stereocenters. The molecule has 0 fully saturated rings. The predicted molar refractivity (Wildman–Crippen MR) is 76.9 cm³/mol. The quantitative estimate of drug-likeness (QED) is 0.844. The molecule has 0 radical (unpaired) electrons. The van der Waals surface area contributed by atoms with Gasteiger partial charge in [0.15, 0.2) is 0 Å². The van der Waals surface area contributed by atoms with E-state index in [0.29, 0.717) is 12.6 Å². The molecule has 1 N–H and O–H groups in total. The highest BCUT2D eigenvalue weighted by Crippen LogP contribution is 2.41. The topological polar surface area (TPSA) is 23.5 Å². The molecule has 2 nitrogen and oxygen atoms in total. The number of hydrogen-bond donors (Lipinski definition) is 1. The number of hydrogen-bond acceptors (Lipinski definition) is 2. The second-order valence-corrected chi connectivity index (χ2v) is 5.40. The summed E-state index contributed by atoms with van der Waals surface area (Å²) in [5.74, 6) is 0. The van der Waals surface area contributed by atoms with Crippen molar-refractivity contribution in [3.8, 4) is 0 Å². The summed E-state index contributed by atoms with van der Waals surface area (Å²) in [6.45, 7) is 2.80. The first-order valence-electron chi connectivity index (χ1n) is 6.70. The van der Waals surface area contributed by atoms with Gasteiger partial charge in [-0.05, 0) is 30.7 Å². The maximum Gasteiger partial charge on any atom is 0.128 e. The molecule has 0 aromatic heterocycles. The van der Waals surface area contributed by atoms with E-state index in [4.69, 9.17) is 0 Å². The first-order valence-corrected chi connectivity index (χ1v) is 6.70. The molecule has 2 aromatic carbocycles. The Morgan fingerprint density at radius 2 is 1.68 bits per heavy atom. The third-order valence-electron chi connectivity index (χ3n) is 4.25. The van der Waals surface area contributed by atoms with Gasteiger partial charge >= 0.3 is 0 Å². The van der Waals surface area contributed by atoms with Gasteiger partial charge in [0.25, 0.3) is 0 Å². The summed E-state index contributed by atoms with van der Waals surface area (Å²) in [5, 5.41) is 11.2. The van der Waals surface area contributed by atoms with E-state index in [9.17, 15) is 5.11 Å². The zero-order valence-electron chi connectivity index (χ0n) is 11.4. The van der Waals surface area contributed by atoms with Gasteiger partial charge in [0.1, 0.15) is 5.60 Å². The van der Waals surface area contributed by atoms with Crippen LogP contribution in [0.5, 0.6) is 0 Å². The molecule has 1 aliphatic heterocycles. The number of rotatable bonds is 1. The number of nitrogens with zero attached hydrogens (tertiary/aromatic N) is 1. The molecule has 0 aliphatic carbocycles. The van der Waals surface area contributed by atoms with Crippen LogP contribution in [0.4, 0.5) is 0 Å². The molecule has 98 valence electrons. The van der Waals surface area contributed by atoms with Gasteiger partial charge in [-0.3, -0.25) is 4.90 Å². The minimum atomic E-state index is -0.918. The number of benzene rings is 2. The van der Waals surface area contributed by atoms with Gasteiger partial charge in [0.05, 0.1) is 0 Å². The van der Waals surface area contributed by atoms with E-state index in [2.05, 4.69) is 24.9 Å². The maximum absolute atomic E-state index is 11.2. The van der Waals surface area contributed by atoms with Gasteiger partial charge in [-0.2, -0.15) is 0 Å². The number of fused-ring (bicyclic) bond motifs is 1. The van der Waals surface area contributed by atoms with Crippen LogP contribution in [0.3, 0.4) is 0 Å². The SMILES string of the molecule is C[C@@H]1c2ccccc2[C@](O)(c2ccccc2)CN1C. The van der Waals surface area contributed by atoms with Crippen LogP contribution < -0.4 is 0 Å². The number of aliphatic hydroxyl groups is 1. The Labute approximate surface area is 114 Å². The van der Waals surface area contributed by atoms with E-state index in [1.54, 1.807) is 0 Å². The van der Waals surface area contributed by atoms with Crippen molar-refractivity contribution in [3.63, 3.8) is 0 Å². The lowest BCUT2D eigenvalue weighted by Crippen LogP contribution is -2.46. The molecule has 19 heavy (non-hydrogen) atoms. The molecule has 2 aromatic rings. The fraction of sp³-hybridized carbons (Fsp3) is 0.294. The third-order valence-corrected chi connectivity index (χ3v) is 4.25. The predicted octanol–water partition coefficient (Wildman–Crippen LogP) is 2.93. The van der Waals surface area contributed by atoms with Crippen LogP contribution in [0.2, 0.25) is 0 Å². The van der Waals surface area contributed by atoms with Crippen molar-refractivity contribution in [1.29, 1.82) is 0 Å². The molecule has 0 saturated carbocycles. The summed E-state index contributed by atoms with van der Waals surface area (Å²) in [6, 6.07) is 18.5. The van der Waals surface area contributed by atoms with Crippen molar-refractivity contribution in [3.05, 3.63) is 71.3 Å². The molecule has 0 spiro atoms. The smallest absolute Gasteiger partial charge is 0.128 e. The normalized spacial score (nSPS) is 27.0. The van der Waals surface area contributed by atoms with Crippen molar-refractivity contribution in [2.75, 3.05) is 13.6 Å². The molecule has 1 heterocycles. The molecule has 3 rings (SSSR count). The Morgan fingerprint density at radius 1 is 1.05 bits per heavy atom. The second kappa shape index (κ2) is 4.48. The van der Waals surface area contributed by atoms with Crippen LogP contribution >= 0.6 is 0 Å². The zero-order chi connectivity index (χ0) is 13.5. The highest BCUT2D eigenvalue weighted by Gasteiger charge is 2.40. The monoisotopic (exact) mass is 253 g/mol. The van der Waals surface area contributed by atoms with Crippen molar-refractivity contribution in [2.24, 2.45) is 0 Å². The van der Waals surface area contributed by atoms with E-state index < -0.39 is 5.60 Å². The molecule has 2 heteroatoms. The van der Waals surface area contributed by atoms with E-state index >= 15 is 0 Å². The molecule has 0 bridgehead atoms. The lowest BCUT2D eigenvalue weighted by molar-refractivity contribution is 0.0161. The minimum Gasteiger partial charge on any atom is -0.379 e. The van der Waals surface area contributed by atoms with Gasteiger partial charge in [-0.15, -0.1) is 0 Å². The molecule has 0 saturated heterocycles. The maximum atomic E-state index is 11.2. The lowest BCUT2D eigenvalue weighted by atomic mass is 9.78. The van der Waals surface area contributed by atoms with Crippen LogP contribution in [-0.4, -0.2) is 23.6 Å². The van der Waals surface area contributed by atoms with E-state index in [1.165, 1.54) is 5.56 Å². The average molecular weight is 253 g/mol. The van der Waals surface area contributed by atoms with Gasteiger partial charge < -0.3 is 5.11 Å². The summed E-state index contributed by atoms with van der Waals surface area (Å²) >= 11 is 0. The van der Waals surface area contributed by atoms with Crippen molar-refractivity contribution < 1.29 is 5.11 Å². The second-order valence-electron chi connectivity index (χ2n) is 5.40. The number of likely N-dealkylation sites (N-methyl/N-ethyl adjacent to an activating group) is 1. The molecule has 0 amide bonds. The standard InChI is InChI=1S/C17H19NO/c1-13-15-10-6-7-11-16(15)17(19,12-18(13)2)14-8-4-3-5-9-14/h3-11,13,19H,12H2,1-2H3/t13-,17-/m1/s1. The van der Waals surface area contributed by atoms with E-state index in [1.807, 2.05) is 48.5 Å². The Balaban J connectivity index is 2.20. The summed E-state index contributed by atoms with van der Waals surface area (Å²) < 4.78 is 0. The molecular formula is C17H19NO. The fourth-order valence-corrected chi connectivity index (χ4v) is 3.02. The van der Waals surface area contributed by atoms with Gasteiger partial charge in [0.2, 0.25) is 0 Å². The highest BCUT2D eigenvalue weighted by molar-refractivity contribution is 5.44. The van der Waals surface area contributed by atoms with Crippen LogP contribution in [0.1, 0.15) is 29.7 Å². The van der Waals surface area contributed by atoms with Crippen molar-refractivity contribution >= 4 is 0 Å². The summed E-state index contributed by atoms with van der Waals surface area (Å²) in [7, 11) is 2.06. The number of β-amino-alcohol motifs (C(OH)–C–C–N with tert-alkyl or cyclic N) is 1. The van der Waals surface area contributed by atoms with Crippen LogP contribution in [0.15, 0.2) is 54.6 Å². The third kappa shape index (κ3) is 1.88. The largest absolute Gasteiger partial charge is 0.379 e. The summed E-state index contributed by atoms with van der Waals surface area (Å²) in [4.78, 5) is 2.20. The summed E-state index contributed by atoms with van der Waals surface area (Å²) in [5.41, 5.74) is 2.29.